The molecule has 0 aromatic rings. The van der Waals surface area contributed by atoms with E-state index in [1.54, 1.807) is 0 Å². The normalized spacial score (nSPS) is 0. The summed E-state index contributed by atoms with van der Waals surface area (Å²) in [6.07, 6.45) is 0. The van der Waals surface area contributed by atoms with Crippen molar-refractivity contribution in [2.45, 2.75) is 0 Å². The van der Waals surface area contributed by atoms with Crippen LogP contribution < -0.4 is 0 Å². The van der Waals surface area contributed by atoms with Crippen molar-refractivity contribution in [2.75, 3.05) is 0 Å². The molecule has 0 saturated heterocycles. The van der Waals surface area contributed by atoms with E-state index in [1.165, 1.54) is 0 Å². The third kappa shape index (κ3) is 18.3. The van der Waals surface area contributed by atoms with Gasteiger partial charge in [0.05, 0.1) is 0 Å². The van der Waals surface area contributed by atoms with E-state index in [-0.39, 0.29) is 112 Å². The molecule has 0 N–H and O–H groups in total. The third-order valence-corrected chi connectivity index (χ3v) is 0. The van der Waals surface area contributed by atoms with Gasteiger partial charge >= 0.3 is 0 Å². The first-order valence-electron chi connectivity index (χ1n) is 0. The molecular weight excluding hydrogens is 278 g/mol. The van der Waals surface area contributed by atoms with E-state index in [4.69, 9.17) is 0 Å². The minimum Gasteiger partial charge on any atom is -0.153 e. The van der Waals surface area contributed by atoms with Crippen LogP contribution in [0.1, 0.15) is 0 Å². The first kappa shape index (κ1) is 37.6. The maximum absolute atomic E-state index is 0. The van der Waals surface area contributed by atoms with Gasteiger partial charge in [-0.2, -0.15) is 9.90 Å². The maximum atomic E-state index is 0. The average Bonchev–Trinajstić information content (AvgIpc) is 0. The molecule has 0 aliphatic rings. The summed E-state index contributed by atoms with van der Waals surface area (Å²) in [7, 11) is 0. The molecule has 0 saturated carbocycles. The molecule has 0 nitrogen and oxygen atoms in total. The topological polar surface area (TPSA) is 0 Å². The Morgan fingerprint density at radius 1 is 1.00 bits per heavy atom. The Labute approximate surface area is 109 Å². The number of rotatable bonds is 0. The molecule has 5 heteroatoms. The van der Waals surface area contributed by atoms with Crippen LogP contribution in [0.25, 0.3) is 0 Å². The molecule has 0 fully saturated rings. The summed E-state index contributed by atoms with van der Waals surface area (Å²) in [5.74, 6) is 0. The Balaban J connectivity index is 0. The molecule has 0 amide bonds. The van der Waals surface area contributed by atoms with Gasteiger partial charge < -0.3 is 0 Å². The predicted octanol–water partition coefficient (Wildman–Crippen LogP) is -0.0880. The van der Waals surface area contributed by atoms with Gasteiger partial charge in [0, 0.05) is 77.9 Å². The molecule has 0 aliphatic carbocycles. The number of hydrogen-bond donors (Lipinski definition) is 0. The van der Waals surface area contributed by atoms with Crippen LogP contribution in [-0.4, -0.2) is 60.8 Å². The van der Waals surface area contributed by atoms with Gasteiger partial charge in [-0.1, -0.05) is 0 Å². The van der Waals surface area contributed by atoms with Crippen molar-refractivity contribution in [3.63, 3.8) is 0 Å². The molecule has 0 aromatic carbocycles. The van der Waals surface area contributed by atoms with Gasteiger partial charge in [-0.05, 0) is 0 Å². The van der Waals surface area contributed by atoms with Gasteiger partial charge in [-0.3, -0.25) is 0 Å². The van der Waals surface area contributed by atoms with E-state index in [1.807, 2.05) is 0 Å². The molecule has 0 bridgehead atoms. The van der Waals surface area contributed by atoms with Crippen LogP contribution in [-0.2, 0) is 17.1 Å². The minimum absolute atomic E-state index is 0. The first-order chi connectivity index (χ1) is 0. The zero-order chi connectivity index (χ0) is 0. The summed E-state index contributed by atoms with van der Waals surface area (Å²) >= 11 is 0. The van der Waals surface area contributed by atoms with Gasteiger partial charge in [-0.25, -0.2) is 0 Å². The van der Waals surface area contributed by atoms with E-state index in [0.717, 1.165) is 0 Å². The third-order valence-electron chi connectivity index (χ3n) is 0. The first-order valence-corrected chi connectivity index (χ1v) is 0. The molecule has 0 aliphatic heterocycles. The molecule has 28 valence electrons. The number of halogens is 1. The second-order valence-electron chi connectivity index (χ2n) is 0. The molecule has 0 aromatic heterocycles. The van der Waals surface area contributed by atoms with E-state index in [9.17, 15) is 0 Å². The Kier molecular flexibility index (Phi) is 190. The van der Waals surface area contributed by atoms with Gasteiger partial charge in [0.2, 0.25) is 0 Å². The SMILES string of the molecule is I.P.[Ca].[Fe].[Mg]. The van der Waals surface area contributed by atoms with Gasteiger partial charge in [-0.15, -0.1) is 24.0 Å². The van der Waals surface area contributed by atoms with E-state index < -0.39 is 0 Å². The summed E-state index contributed by atoms with van der Waals surface area (Å²) in [6, 6.07) is 0. The van der Waals surface area contributed by atoms with Crippen LogP contribution in [0.5, 0.6) is 0 Å². The van der Waals surface area contributed by atoms with Crippen molar-refractivity contribution < 1.29 is 17.1 Å². The zero-order valence-electron chi connectivity index (χ0n) is 2.88. The Morgan fingerprint density at radius 2 is 1.00 bits per heavy atom. The summed E-state index contributed by atoms with van der Waals surface area (Å²) < 4.78 is 0. The van der Waals surface area contributed by atoms with Crippen LogP contribution in [0.3, 0.4) is 0 Å². The van der Waals surface area contributed by atoms with Crippen LogP contribution in [0.15, 0.2) is 0 Å². The van der Waals surface area contributed by atoms with Crippen molar-refractivity contribution in [2.24, 2.45) is 0 Å². The molecule has 0 spiro atoms. The average molecular weight is 282 g/mol. The van der Waals surface area contributed by atoms with Crippen molar-refractivity contribution in [1.29, 1.82) is 0 Å². The van der Waals surface area contributed by atoms with E-state index >= 15 is 0 Å². The Morgan fingerprint density at radius 3 is 1.00 bits per heavy atom. The summed E-state index contributed by atoms with van der Waals surface area (Å²) in [5, 5.41) is 0. The van der Waals surface area contributed by atoms with Gasteiger partial charge in [0.1, 0.15) is 0 Å². The van der Waals surface area contributed by atoms with Crippen LogP contribution in [0, 0.1) is 0 Å². The Hall–Kier alpha value is 3.71. The molecular formula is H4CaFeIMgP. The van der Waals surface area contributed by atoms with Gasteiger partial charge in [0.15, 0.2) is 0 Å². The molecule has 0 heterocycles. The Bertz CT molecular complexity index is 11.6. The zero-order valence-corrected chi connectivity index (χ0v) is 11.4. The molecule has 1 atom stereocenters. The van der Waals surface area contributed by atoms with E-state index in [0.29, 0.717) is 0 Å². The van der Waals surface area contributed by atoms with Crippen molar-refractivity contribution >= 4 is 94.7 Å². The van der Waals surface area contributed by atoms with Gasteiger partial charge in [0.25, 0.3) is 0 Å². The predicted molar refractivity (Wildman–Crippen MR) is 38.0 cm³/mol. The van der Waals surface area contributed by atoms with Crippen LogP contribution in [0.4, 0.5) is 0 Å². The standard InChI is InChI=1S/Ca.Fe.HI.Mg.H3P/h;;1H;;1H3. The summed E-state index contributed by atoms with van der Waals surface area (Å²) in [4.78, 5) is 0. The monoisotopic (exact) mass is 282 g/mol. The minimum atomic E-state index is 0. The summed E-state index contributed by atoms with van der Waals surface area (Å²) in [6.45, 7) is 0. The smallest absolute Gasteiger partial charge is 0 e. The van der Waals surface area contributed by atoms with Crippen molar-refractivity contribution in [1.82, 2.24) is 0 Å². The van der Waals surface area contributed by atoms with Crippen molar-refractivity contribution in [3.05, 3.63) is 0 Å². The fraction of sp³-hybridized carbons (Fsp3) is 0. The van der Waals surface area contributed by atoms with E-state index in [2.05, 4.69) is 0 Å². The second kappa shape index (κ2) is 25.2. The fourth-order valence-corrected chi connectivity index (χ4v) is 0. The molecule has 0 rings (SSSR count). The molecule has 4 radical (unpaired) electrons. The maximum Gasteiger partial charge on any atom is 0 e. The van der Waals surface area contributed by atoms with Crippen LogP contribution >= 0.6 is 33.9 Å². The quantitative estimate of drug-likeness (QED) is 0.331. The largest absolute Gasteiger partial charge is 0.153 e. The number of hydrogen-bond acceptors (Lipinski definition) is 0. The molecule has 1 unspecified atom stereocenters. The van der Waals surface area contributed by atoms with Crippen LogP contribution in [0.2, 0.25) is 0 Å². The second-order valence-corrected chi connectivity index (χ2v) is 0. The molecule has 5 heavy (non-hydrogen) atoms. The summed E-state index contributed by atoms with van der Waals surface area (Å²) in [5.41, 5.74) is 0. The fourth-order valence-electron chi connectivity index (χ4n) is 0. The van der Waals surface area contributed by atoms with Crippen molar-refractivity contribution in [3.8, 4) is 0 Å².